The van der Waals surface area contributed by atoms with Gasteiger partial charge in [-0.15, -0.1) is 0 Å². The molecule has 0 aromatic heterocycles. The van der Waals surface area contributed by atoms with Crippen molar-refractivity contribution in [3.8, 4) is 0 Å². The lowest BCUT2D eigenvalue weighted by Gasteiger charge is -2.31. The molecule has 2 unspecified atom stereocenters. The molecular formula is C12H22F3NO2. The second-order valence-corrected chi connectivity index (χ2v) is 5.39. The van der Waals surface area contributed by atoms with Crippen molar-refractivity contribution in [1.82, 2.24) is 5.32 Å². The summed E-state index contributed by atoms with van der Waals surface area (Å²) in [6, 6.07) is 0.435. The minimum Gasteiger partial charge on any atom is -0.394 e. The topological polar surface area (TPSA) is 41.5 Å². The molecule has 6 heteroatoms. The molecule has 1 saturated carbocycles. The maximum absolute atomic E-state index is 12.0. The standard InChI is InChI=1S/C12H22F3NO2/c1-9(18-6-5-12(13,14)15)7-11(2,8-17)16-10-3-4-10/h9-10,16-17H,3-8H2,1-2H3. The summed E-state index contributed by atoms with van der Waals surface area (Å²) in [6.07, 6.45) is -2.72. The average Bonchev–Trinajstić information content (AvgIpc) is 2.99. The Morgan fingerprint density at radius 1 is 1.39 bits per heavy atom. The zero-order valence-electron chi connectivity index (χ0n) is 10.9. The van der Waals surface area contributed by atoms with Crippen LogP contribution >= 0.6 is 0 Å². The molecule has 1 rings (SSSR count). The van der Waals surface area contributed by atoms with E-state index in [0.717, 1.165) is 12.8 Å². The normalized spacial score (nSPS) is 21.7. The highest BCUT2D eigenvalue weighted by Gasteiger charge is 2.33. The van der Waals surface area contributed by atoms with E-state index in [1.54, 1.807) is 6.92 Å². The number of hydrogen-bond acceptors (Lipinski definition) is 3. The lowest BCUT2D eigenvalue weighted by molar-refractivity contribution is -0.149. The van der Waals surface area contributed by atoms with Gasteiger partial charge >= 0.3 is 6.18 Å². The molecular weight excluding hydrogens is 247 g/mol. The number of alkyl halides is 3. The summed E-state index contributed by atoms with van der Waals surface area (Å²) in [6.45, 7) is 3.24. The van der Waals surface area contributed by atoms with Crippen LogP contribution in [0.1, 0.15) is 39.5 Å². The zero-order valence-corrected chi connectivity index (χ0v) is 10.9. The Kier molecular flexibility index (Phi) is 5.43. The van der Waals surface area contributed by atoms with E-state index in [-0.39, 0.29) is 19.3 Å². The molecule has 0 radical (unpaired) electrons. The van der Waals surface area contributed by atoms with Crippen LogP contribution in [-0.4, -0.2) is 42.2 Å². The Labute approximate surface area is 106 Å². The van der Waals surface area contributed by atoms with Gasteiger partial charge in [0.25, 0.3) is 0 Å². The first-order valence-electron chi connectivity index (χ1n) is 6.31. The largest absolute Gasteiger partial charge is 0.394 e. The number of halogens is 3. The van der Waals surface area contributed by atoms with Gasteiger partial charge in [-0.25, -0.2) is 0 Å². The van der Waals surface area contributed by atoms with E-state index in [2.05, 4.69) is 5.32 Å². The van der Waals surface area contributed by atoms with E-state index in [9.17, 15) is 18.3 Å². The third kappa shape index (κ3) is 6.56. The van der Waals surface area contributed by atoms with Gasteiger partial charge in [-0.3, -0.25) is 0 Å². The second kappa shape index (κ2) is 6.21. The molecule has 18 heavy (non-hydrogen) atoms. The summed E-state index contributed by atoms with van der Waals surface area (Å²) in [4.78, 5) is 0. The molecule has 2 atom stereocenters. The Morgan fingerprint density at radius 3 is 2.44 bits per heavy atom. The Balaban J connectivity index is 2.25. The maximum atomic E-state index is 12.0. The first-order valence-corrected chi connectivity index (χ1v) is 6.31. The third-order valence-corrected chi connectivity index (χ3v) is 3.00. The number of rotatable bonds is 8. The minimum absolute atomic E-state index is 0.0452. The van der Waals surface area contributed by atoms with Crippen LogP contribution in [0.5, 0.6) is 0 Å². The highest BCUT2D eigenvalue weighted by Crippen LogP contribution is 2.25. The van der Waals surface area contributed by atoms with Crippen LogP contribution in [0, 0.1) is 0 Å². The van der Waals surface area contributed by atoms with Crippen molar-refractivity contribution in [1.29, 1.82) is 0 Å². The van der Waals surface area contributed by atoms with Gasteiger partial charge in [0.15, 0.2) is 0 Å². The van der Waals surface area contributed by atoms with E-state index in [0.29, 0.717) is 12.5 Å². The first-order chi connectivity index (χ1) is 8.24. The highest BCUT2D eigenvalue weighted by atomic mass is 19.4. The summed E-state index contributed by atoms with van der Waals surface area (Å²) in [5.74, 6) is 0. The van der Waals surface area contributed by atoms with E-state index >= 15 is 0 Å². The number of ether oxygens (including phenoxy) is 1. The van der Waals surface area contributed by atoms with E-state index in [1.165, 1.54) is 0 Å². The molecule has 1 aliphatic rings. The van der Waals surface area contributed by atoms with Gasteiger partial charge in [0.05, 0.1) is 25.7 Å². The number of hydrogen-bond donors (Lipinski definition) is 2. The van der Waals surface area contributed by atoms with E-state index in [4.69, 9.17) is 4.74 Å². The fraction of sp³-hybridized carbons (Fsp3) is 1.00. The van der Waals surface area contributed by atoms with Crippen molar-refractivity contribution >= 4 is 0 Å². The molecule has 1 aliphatic carbocycles. The highest BCUT2D eigenvalue weighted by molar-refractivity contribution is 4.93. The van der Waals surface area contributed by atoms with Crippen molar-refractivity contribution in [3.05, 3.63) is 0 Å². The lowest BCUT2D eigenvalue weighted by Crippen LogP contribution is -2.49. The van der Waals surface area contributed by atoms with Crippen LogP contribution in [0.15, 0.2) is 0 Å². The number of nitrogens with one attached hydrogen (secondary N) is 1. The summed E-state index contributed by atoms with van der Waals surface area (Å²) in [5.41, 5.74) is -0.473. The molecule has 0 spiro atoms. The fourth-order valence-electron chi connectivity index (χ4n) is 1.96. The van der Waals surface area contributed by atoms with Crippen molar-refractivity contribution in [2.75, 3.05) is 13.2 Å². The van der Waals surface area contributed by atoms with Gasteiger partial charge in [0.1, 0.15) is 0 Å². The molecule has 3 nitrogen and oxygen atoms in total. The Hall–Kier alpha value is -0.330. The van der Waals surface area contributed by atoms with Gasteiger partial charge in [-0.05, 0) is 33.1 Å². The monoisotopic (exact) mass is 269 g/mol. The summed E-state index contributed by atoms with van der Waals surface area (Å²) < 4.78 is 41.0. The lowest BCUT2D eigenvalue weighted by atomic mass is 9.95. The first kappa shape index (κ1) is 15.7. The number of aliphatic hydroxyl groups is 1. The predicted molar refractivity (Wildman–Crippen MR) is 62.4 cm³/mol. The van der Waals surface area contributed by atoms with Gasteiger partial charge in [-0.1, -0.05) is 0 Å². The van der Waals surface area contributed by atoms with Gasteiger partial charge < -0.3 is 15.2 Å². The van der Waals surface area contributed by atoms with Crippen LogP contribution in [0.25, 0.3) is 0 Å². The van der Waals surface area contributed by atoms with Crippen LogP contribution < -0.4 is 5.32 Å². The summed E-state index contributed by atoms with van der Waals surface area (Å²) in [5, 5.41) is 12.7. The zero-order chi connectivity index (χ0) is 13.8. The van der Waals surface area contributed by atoms with Crippen LogP contribution in [0.3, 0.4) is 0 Å². The quantitative estimate of drug-likeness (QED) is 0.710. The molecule has 108 valence electrons. The van der Waals surface area contributed by atoms with Gasteiger partial charge in [-0.2, -0.15) is 13.2 Å². The van der Waals surface area contributed by atoms with Crippen molar-refractivity contribution in [3.63, 3.8) is 0 Å². The molecule has 1 fully saturated rings. The SMILES string of the molecule is CC(CC(C)(CO)NC1CC1)OCCC(F)(F)F. The molecule has 2 N–H and O–H groups in total. The molecule has 0 aliphatic heterocycles. The molecule has 0 saturated heterocycles. The predicted octanol–water partition coefficient (Wildman–Crippen LogP) is 2.24. The van der Waals surface area contributed by atoms with Crippen LogP contribution in [-0.2, 0) is 4.74 Å². The molecule has 0 bridgehead atoms. The maximum Gasteiger partial charge on any atom is 0.391 e. The molecule has 0 aromatic carbocycles. The van der Waals surface area contributed by atoms with Crippen molar-refractivity contribution in [2.45, 2.75) is 63.4 Å². The average molecular weight is 269 g/mol. The Bertz CT molecular complexity index is 256. The van der Waals surface area contributed by atoms with E-state index in [1.807, 2.05) is 6.92 Å². The summed E-state index contributed by atoms with van der Waals surface area (Å²) >= 11 is 0. The van der Waals surface area contributed by atoms with Gasteiger partial charge in [0.2, 0.25) is 0 Å². The number of aliphatic hydroxyl groups excluding tert-OH is 1. The summed E-state index contributed by atoms with van der Waals surface area (Å²) in [7, 11) is 0. The van der Waals surface area contributed by atoms with Crippen LogP contribution in [0.2, 0.25) is 0 Å². The van der Waals surface area contributed by atoms with Crippen LogP contribution in [0.4, 0.5) is 13.2 Å². The van der Waals surface area contributed by atoms with E-state index < -0.39 is 18.1 Å². The Morgan fingerprint density at radius 2 is 2.00 bits per heavy atom. The fourth-order valence-corrected chi connectivity index (χ4v) is 1.96. The van der Waals surface area contributed by atoms with Gasteiger partial charge in [0, 0.05) is 11.6 Å². The molecule has 0 heterocycles. The smallest absolute Gasteiger partial charge is 0.391 e. The minimum atomic E-state index is -4.17. The second-order valence-electron chi connectivity index (χ2n) is 5.39. The van der Waals surface area contributed by atoms with Crippen molar-refractivity contribution < 1.29 is 23.0 Å². The molecule has 0 amide bonds. The third-order valence-electron chi connectivity index (χ3n) is 3.00. The molecule has 0 aromatic rings. The van der Waals surface area contributed by atoms with Crippen molar-refractivity contribution in [2.24, 2.45) is 0 Å².